The molecule has 1 aliphatic carbocycles. The highest BCUT2D eigenvalue weighted by Crippen LogP contribution is 2.32. The zero-order chi connectivity index (χ0) is 15.1. The highest BCUT2D eigenvalue weighted by Gasteiger charge is 2.35. The van der Waals surface area contributed by atoms with Crippen LogP contribution < -0.4 is 4.90 Å². The Bertz CT molecular complexity index is 650. The van der Waals surface area contributed by atoms with Gasteiger partial charge in [0.1, 0.15) is 0 Å². The van der Waals surface area contributed by atoms with Gasteiger partial charge < -0.3 is 14.8 Å². The van der Waals surface area contributed by atoms with Crippen LogP contribution >= 0.6 is 0 Å². The third kappa shape index (κ3) is 2.45. The van der Waals surface area contributed by atoms with Gasteiger partial charge in [0.15, 0.2) is 0 Å². The number of rotatable bonds is 3. The summed E-state index contributed by atoms with van der Waals surface area (Å²) in [5, 5.41) is 0. The number of amides is 1. The molecule has 5 heteroatoms. The summed E-state index contributed by atoms with van der Waals surface area (Å²) >= 11 is 0. The first-order valence-corrected chi connectivity index (χ1v) is 8.19. The minimum atomic E-state index is 0.318. The van der Waals surface area contributed by atoms with E-state index in [4.69, 9.17) is 0 Å². The molecule has 1 amide bonds. The highest BCUT2D eigenvalue weighted by molar-refractivity contribution is 5.81. The fourth-order valence-corrected chi connectivity index (χ4v) is 3.35. The number of nitrogens with one attached hydrogen (secondary N) is 1. The van der Waals surface area contributed by atoms with Gasteiger partial charge in [-0.1, -0.05) is 12.1 Å². The van der Waals surface area contributed by atoms with Gasteiger partial charge in [-0.3, -0.25) is 4.79 Å². The molecule has 1 saturated heterocycles. The molecule has 1 aromatic carbocycles. The monoisotopic (exact) mass is 298 g/mol. The third-order valence-electron chi connectivity index (χ3n) is 4.96. The number of nitrogens with zero attached hydrogens (tertiary/aromatic N) is 3. The molecule has 1 aliphatic heterocycles. The summed E-state index contributed by atoms with van der Waals surface area (Å²) < 4.78 is 0. The van der Waals surface area contributed by atoms with Crippen molar-refractivity contribution >= 4 is 22.9 Å². The number of benzene rings is 1. The predicted molar refractivity (Wildman–Crippen MR) is 86.8 cm³/mol. The van der Waals surface area contributed by atoms with E-state index in [0.717, 1.165) is 55.8 Å². The first-order valence-electron chi connectivity index (χ1n) is 8.19. The number of H-pyrrole nitrogens is 1. The molecule has 1 N–H and O–H groups in total. The second-order valence-electron chi connectivity index (χ2n) is 6.52. The number of carbonyl (C=O) groups excluding carboxylic acids is 1. The minimum Gasteiger partial charge on any atom is -0.342 e. The van der Waals surface area contributed by atoms with Crippen LogP contribution in [0.3, 0.4) is 0 Å². The lowest BCUT2D eigenvalue weighted by molar-refractivity contribution is -0.133. The maximum absolute atomic E-state index is 12.2. The van der Waals surface area contributed by atoms with Crippen molar-refractivity contribution in [3.63, 3.8) is 0 Å². The maximum Gasteiger partial charge on any atom is 0.225 e. The number of imidazole rings is 1. The molecule has 1 saturated carbocycles. The molecular formula is C17H22N4O. The van der Waals surface area contributed by atoms with E-state index in [0.29, 0.717) is 17.9 Å². The number of para-hydroxylation sites is 2. The number of hydrogen-bond acceptors (Lipinski definition) is 3. The van der Waals surface area contributed by atoms with Crippen molar-refractivity contribution in [1.82, 2.24) is 14.9 Å². The molecule has 22 heavy (non-hydrogen) atoms. The van der Waals surface area contributed by atoms with E-state index in [-0.39, 0.29) is 0 Å². The van der Waals surface area contributed by atoms with E-state index in [9.17, 15) is 4.79 Å². The summed E-state index contributed by atoms with van der Waals surface area (Å²) in [6.07, 6.45) is 4.21. The number of fused-ring (bicyclic) bond motifs is 1. The van der Waals surface area contributed by atoms with Crippen LogP contribution in [0, 0.1) is 5.92 Å². The van der Waals surface area contributed by atoms with Gasteiger partial charge >= 0.3 is 0 Å². The van der Waals surface area contributed by atoms with E-state index >= 15 is 0 Å². The Morgan fingerprint density at radius 2 is 1.95 bits per heavy atom. The van der Waals surface area contributed by atoms with Crippen LogP contribution in [-0.4, -0.2) is 47.0 Å². The van der Waals surface area contributed by atoms with Crippen LogP contribution in [0.4, 0.5) is 5.95 Å². The molecule has 2 fully saturated rings. The van der Waals surface area contributed by atoms with Gasteiger partial charge in [-0.2, -0.15) is 0 Å². The summed E-state index contributed by atoms with van der Waals surface area (Å²) in [5.74, 6) is 1.62. The van der Waals surface area contributed by atoms with Gasteiger partial charge in [-0.05, 0) is 37.8 Å². The van der Waals surface area contributed by atoms with Crippen LogP contribution in [0.2, 0.25) is 0 Å². The average Bonchev–Trinajstić information content (AvgIpc) is 3.32. The standard InChI is InChI=1S/C17H22N4O/c1-20(16(22)12-6-7-12)13-8-10-21(11-9-13)17-18-14-4-2-3-5-15(14)19-17/h2-5,12-13H,6-11H2,1H3,(H,18,19). The Balaban J connectivity index is 1.41. The van der Waals surface area contributed by atoms with Gasteiger partial charge in [0, 0.05) is 32.1 Å². The van der Waals surface area contributed by atoms with Gasteiger partial charge in [-0.15, -0.1) is 0 Å². The Kier molecular flexibility index (Phi) is 3.28. The smallest absolute Gasteiger partial charge is 0.225 e. The van der Waals surface area contributed by atoms with Crippen molar-refractivity contribution in [2.24, 2.45) is 5.92 Å². The quantitative estimate of drug-likeness (QED) is 0.946. The van der Waals surface area contributed by atoms with Crippen molar-refractivity contribution in [1.29, 1.82) is 0 Å². The van der Waals surface area contributed by atoms with Gasteiger partial charge in [0.05, 0.1) is 11.0 Å². The van der Waals surface area contributed by atoms with Gasteiger partial charge in [0.25, 0.3) is 0 Å². The summed E-state index contributed by atoms with van der Waals surface area (Å²) in [4.78, 5) is 24.5. The highest BCUT2D eigenvalue weighted by atomic mass is 16.2. The SMILES string of the molecule is CN(C(=O)C1CC1)C1CCN(c2nc3ccccc3[nH]2)CC1. The van der Waals surface area contributed by atoms with Crippen LogP contribution in [0.5, 0.6) is 0 Å². The van der Waals surface area contributed by atoms with Crippen molar-refractivity contribution < 1.29 is 4.79 Å². The fraction of sp³-hybridized carbons (Fsp3) is 0.529. The Morgan fingerprint density at radius 3 is 2.64 bits per heavy atom. The van der Waals surface area contributed by atoms with Crippen LogP contribution in [-0.2, 0) is 4.79 Å². The van der Waals surface area contributed by atoms with Gasteiger partial charge in [0.2, 0.25) is 11.9 Å². The molecule has 5 nitrogen and oxygen atoms in total. The molecule has 0 bridgehead atoms. The van der Waals surface area contributed by atoms with Crippen molar-refractivity contribution in [2.75, 3.05) is 25.0 Å². The largest absolute Gasteiger partial charge is 0.342 e. The summed E-state index contributed by atoms with van der Waals surface area (Å²) in [6.45, 7) is 1.90. The molecule has 2 aliphatic rings. The van der Waals surface area contributed by atoms with E-state index in [1.807, 2.05) is 30.1 Å². The van der Waals surface area contributed by atoms with E-state index in [1.165, 1.54) is 0 Å². The number of piperidine rings is 1. The molecular weight excluding hydrogens is 276 g/mol. The Morgan fingerprint density at radius 1 is 1.23 bits per heavy atom. The number of hydrogen-bond donors (Lipinski definition) is 1. The lowest BCUT2D eigenvalue weighted by atomic mass is 10.0. The Hall–Kier alpha value is -2.04. The maximum atomic E-state index is 12.2. The topological polar surface area (TPSA) is 52.2 Å². The molecule has 2 aromatic rings. The first-order chi connectivity index (χ1) is 10.7. The minimum absolute atomic E-state index is 0.318. The lowest BCUT2D eigenvalue weighted by Gasteiger charge is -2.36. The average molecular weight is 298 g/mol. The number of aromatic nitrogens is 2. The molecule has 1 aromatic heterocycles. The first kappa shape index (κ1) is 13.6. The second kappa shape index (κ2) is 5.30. The molecule has 0 radical (unpaired) electrons. The molecule has 0 spiro atoms. The number of aromatic amines is 1. The predicted octanol–water partition coefficient (Wildman–Crippen LogP) is 2.40. The second-order valence-corrected chi connectivity index (χ2v) is 6.52. The zero-order valence-electron chi connectivity index (χ0n) is 13.0. The van der Waals surface area contributed by atoms with Crippen LogP contribution in [0.25, 0.3) is 11.0 Å². The summed E-state index contributed by atoms with van der Waals surface area (Å²) in [6, 6.07) is 8.51. The van der Waals surface area contributed by atoms with Gasteiger partial charge in [-0.25, -0.2) is 4.98 Å². The zero-order valence-corrected chi connectivity index (χ0v) is 13.0. The molecule has 116 valence electrons. The summed E-state index contributed by atoms with van der Waals surface area (Å²) in [5.41, 5.74) is 2.10. The van der Waals surface area contributed by atoms with Crippen molar-refractivity contribution in [2.45, 2.75) is 31.7 Å². The van der Waals surface area contributed by atoms with E-state index in [2.05, 4.69) is 20.9 Å². The third-order valence-corrected chi connectivity index (χ3v) is 4.96. The molecule has 0 unspecified atom stereocenters. The van der Waals surface area contributed by atoms with Crippen LogP contribution in [0.15, 0.2) is 24.3 Å². The lowest BCUT2D eigenvalue weighted by Crippen LogP contribution is -2.46. The summed E-state index contributed by atoms with van der Waals surface area (Å²) in [7, 11) is 1.97. The molecule has 0 atom stereocenters. The van der Waals surface area contributed by atoms with E-state index < -0.39 is 0 Å². The number of anilines is 1. The van der Waals surface area contributed by atoms with Crippen LogP contribution in [0.1, 0.15) is 25.7 Å². The molecule has 2 heterocycles. The van der Waals surface area contributed by atoms with E-state index in [1.54, 1.807) is 0 Å². The fourth-order valence-electron chi connectivity index (χ4n) is 3.35. The Labute approximate surface area is 130 Å². The van der Waals surface area contributed by atoms with Crippen molar-refractivity contribution in [3.8, 4) is 0 Å². The molecule has 4 rings (SSSR count). The number of carbonyl (C=O) groups is 1. The normalized spacial score (nSPS) is 19.6. The van der Waals surface area contributed by atoms with Crippen molar-refractivity contribution in [3.05, 3.63) is 24.3 Å².